The standard InChI is InChI=1S/C13H24O2/c1-7-10(3)12(14)15-11(4)9-13(5,6)8-2/h11H,3,7-9H2,1-2,4-6H3. The Morgan fingerprint density at radius 3 is 2.33 bits per heavy atom. The third kappa shape index (κ3) is 5.60. The third-order valence-corrected chi connectivity index (χ3v) is 2.82. The van der Waals surface area contributed by atoms with Gasteiger partial charge in [0.25, 0.3) is 0 Å². The first-order valence-electron chi connectivity index (χ1n) is 5.71. The molecule has 1 unspecified atom stereocenters. The van der Waals surface area contributed by atoms with Crippen LogP contribution in [-0.2, 0) is 9.53 Å². The van der Waals surface area contributed by atoms with Crippen LogP contribution in [0.4, 0.5) is 0 Å². The molecule has 2 nitrogen and oxygen atoms in total. The molecule has 0 aliphatic rings. The lowest BCUT2D eigenvalue weighted by Crippen LogP contribution is -2.23. The largest absolute Gasteiger partial charge is 0.459 e. The second-order valence-electron chi connectivity index (χ2n) is 4.89. The summed E-state index contributed by atoms with van der Waals surface area (Å²) in [6.07, 6.45) is 2.61. The quantitative estimate of drug-likeness (QED) is 0.495. The number of carbonyl (C=O) groups excluding carboxylic acids is 1. The zero-order chi connectivity index (χ0) is 12.1. The monoisotopic (exact) mass is 212 g/mol. The fraction of sp³-hybridized carbons (Fsp3) is 0.769. The summed E-state index contributed by atoms with van der Waals surface area (Å²) in [5.74, 6) is -0.253. The predicted octanol–water partition coefficient (Wildman–Crippen LogP) is 3.71. The van der Waals surface area contributed by atoms with Crippen LogP contribution in [0, 0.1) is 5.41 Å². The molecule has 0 aromatic heterocycles. The van der Waals surface area contributed by atoms with E-state index >= 15 is 0 Å². The summed E-state index contributed by atoms with van der Waals surface area (Å²) >= 11 is 0. The van der Waals surface area contributed by atoms with Crippen molar-refractivity contribution in [3.05, 3.63) is 12.2 Å². The first-order chi connectivity index (χ1) is 6.82. The molecule has 0 N–H and O–H groups in total. The second-order valence-corrected chi connectivity index (χ2v) is 4.89. The summed E-state index contributed by atoms with van der Waals surface area (Å²) in [7, 11) is 0. The third-order valence-electron chi connectivity index (χ3n) is 2.82. The molecule has 0 aromatic rings. The normalized spacial score (nSPS) is 13.4. The lowest BCUT2D eigenvalue weighted by molar-refractivity contribution is -0.144. The predicted molar refractivity (Wildman–Crippen MR) is 63.7 cm³/mol. The van der Waals surface area contributed by atoms with Crippen molar-refractivity contribution >= 4 is 5.97 Å². The number of rotatable bonds is 6. The van der Waals surface area contributed by atoms with Crippen molar-refractivity contribution in [3.63, 3.8) is 0 Å². The maximum atomic E-state index is 11.4. The summed E-state index contributed by atoms with van der Waals surface area (Å²) < 4.78 is 5.30. The van der Waals surface area contributed by atoms with Gasteiger partial charge in [-0.15, -0.1) is 0 Å². The summed E-state index contributed by atoms with van der Waals surface area (Å²) in [5, 5.41) is 0. The van der Waals surface area contributed by atoms with Crippen molar-refractivity contribution in [3.8, 4) is 0 Å². The molecular formula is C13H24O2. The van der Waals surface area contributed by atoms with E-state index in [2.05, 4.69) is 27.4 Å². The summed E-state index contributed by atoms with van der Waals surface area (Å²) in [6, 6.07) is 0. The molecule has 0 aliphatic carbocycles. The Hall–Kier alpha value is -0.790. The van der Waals surface area contributed by atoms with E-state index in [1.807, 2.05) is 13.8 Å². The molecule has 1 atom stereocenters. The van der Waals surface area contributed by atoms with Crippen molar-refractivity contribution in [2.45, 2.75) is 60.0 Å². The van der Waals surface area contributed by atoms with Crippen LogP contribution in [0.1, 0.15) is 53.9 Å². The molecule has 0 saturated heterocycles. The van der Waals surface area contributed by atoms with Gasteiger partial charge in [0.05, 0.1) is 6.10 Å². The van der Waals surface area contributed by atoms with E-state index in [0.717, 1.165) is 12.8 Å². The molecule has 0 aromatic carbocycles. The smallest absolute Gasteiger partial charge is 0.333 e. The first-order valence-corrected chi connectivity index (χ1v) is 5.71. The Bertz CT molecular complexity index is 229. The number of hydrogen-bond acceptors (Lipinski definition) is 2. The van der Waals surface area contributed by atoms with Gasteiger partial charge >= 0.3 is 5.97 Å². The zero-order valence-corrected chi connectivity index (χ0v) is 10.7. The van der Waals surface area contributed by atoms with Crippen LogP contribution < -0.4 is 0 Å². The van der Waals surface area contributed by atoms with E-state index in [-0.39, 0.29) is 17.5 Å². The Morgan fingerprint density at radius 2 is 1.93 bits per heavy atom. The minimum absolute atomic E-state index is 0.0317. The molecule has 0 fully saturated rings. The average molecular weight is 212 g/mol. The van der Waals surface area contributed by atoms with Crippen molar-refractivity contribution in [2.24, 2.45) is 5.41 Å². The highest BCUT2D eigenvalue weighted by molar-refractivity contribution is 5.87. The lowest BCUT2D eigenvalue weighted by Gasteiger charge is -2.26. The summed E-state index contributed by atoms with van der Waals surface area (Å²) in [4.78, 5) is 11.4. The van der Waals surface area contributed by atoms with Gasteiger partial charge in [0.15, 0.2) is 0 Å². The minimum Gasteiger partial charge on any atom is -0.459 e. The molecule has 0 bridgehead atoms. The highest BCUT2D eigenvalue weighted by Gasteiger charge is 2.21. The molecule has 0 saturated carbocycles. The van der Waals surface area contributed by atoms with Gasteiger partial charge in [-0.1, -0.05) is 40.7 Å². The van der Waals surface area contributed by atoms with Gasteiger partial charge in [0.1, 0.15) is 0 Å². The molecule has 0 rings (SSSR count). The highest BCUT2D eigenvalue weighted by atomic mass is 16.5. The van der Waals surface area contributed by atoms with Gasteiger partial charge in [-0.05, 0) is 25.2 Å². The maximum absolute atomic E-state index is 11.4. The zero-order valence-electron chi connectivity index (χ0n) is 10.7. The number of hydrogen-bond donors (Lipinski definition) is 0. The van der Waals surface area contributed by atoms with Gasteiger partial charge in [-0.2, -0.15) is 0 Å². The molecule has 2 heteroatoms. The van der Waals surface area contributed by atoms with Gasteiger partial charge < -0.3 is 4.74 Å². The van der Waals surface area contributed by atoms with Crippen LogP contribution in [0.2, 0.25) is 0 Å². The Kier molecular flexibility index (Phi) is 5.63. The van der Waals surface area contributed by atoms with Gasteiger partial charge in [-0.3, -0.25) is 0 Å². The Morgan fingerprint density at radius 1 is 1.40 bits per heavy atom. The van der Waals surface area contributed by atoms with Crippen LogP contribution in [-0.4, -0.2) is 12.1 Å². The van der Waals surface area contributed by atoms with E-state index in [1.165, 1.54) is 0 Å². The van der Waals surface area contributed by atoms with E-state index in [1.54, 1.807) is 0 Å². The lowest BCUT2D eigenvalue weighted by atomic mass is 9.84. The van der Waals surface area contributed by atoms with Crippen LogP contribution in [0.5, 0.6) is 0 Å². The average Bonchev–Trinajstić information content (AvgIpc) is 2.15. The molecule has 0 amide bonds. The second kappa shape index (κ2) is 5.94. The maximum Gasteiger partial charge on any atom is 0.333 e. The van der Waals surface area contributed by atoms with Crippen LogP contribution in [0.3, 0.4) is 0 Å². The molecular weight excluding hydrogens is 188 g/mol. The van der Waals surface area contributed by atoms with E-state index in [4.69, 9.17) is 4.74 Å². The van der Waals surface area contributed by atoms with Gasteiger partial charge in [0, 0.05) is 5.57 Å². The van der Waals surface area contributed by atoms with E-state index in [9.17, 15) is 4.79 Å². The van der Waals surface area contributed by atoms with E-state index in [0.29, 0.717) is 12.0 Å². The van der Waals surface area contributed by atoms with Crippen molar-refractivity contribution in [1.29, 1.82) is 0 Å². The highest BCUT2D eigenvalue weighted by Crippen LogP contribution is 2.27. The van der Waals surface area contributed by atoms with Crippen LogP contribution in [0.25, 0.3) is 0 Å². The summed E-state index contributed by atoms with van der Waals surface area (Å²) in [5.41, 5.74) is 0.781. The molecule has 0 spiro atoms. The fourth-order valence-electron chi connectivity index (χ4n) is 1.37. The van der Waals surface area contributed by atoms with Crippen molar-refractivity contribution < 1.29 is 9.53 Å². The number of ether oxygens (including phenoxy) is 1. The molecule has 88 valence electrons. The summed E-state index contributed by atoms with van der Waals surface area (Å²) in [6.45, 7) is 14.0. The molecule has 0 aliphatic heterocycles. The van der Waals surface area contributed by atoms with Gasteiger partial charge in [0.2, 0.25) is 0 Å². The van der Waals surface area contributed by atoms with Crippen molar-refractivity contribution in [2.75, 3.05) is 0 Å². The SMILES string of the molecule is C=C(CC)C(=O)OC(C)CC(C)(C)CC. The molecule has 15 heavy (non-hydrogen) atoms. The number of carbonyl (C=O) groups is 1. The van der Waals surface area contributed by atoms with Crippen LogP contribution >= 0.6 is 0 Å². The Balaban J connectivity index is 4.09. The topological polar surface area (TPSA) is 26.3 Å². The van der Waals surface area contributed by atoms with Crippen molar-refractivity contribution in [1.82, 2.24) is 0 Å². The molecule has 0 heterocycles. The Labute approximate surface area is 93.7 Å². The van der Waals surface area contributed by atoms with Crippen LogP contribution in [0.15, 0.2) is 12.2 Å². The molecule has 0 radical (unpaired) electrons. The van der Waals surface area contributed by atoms with Gasteiger partial charge in [-0.25, -0.2) is 4.79 Å². The minimum atomic E-state index is -0.253. The fourth-order valence-corrected chi connectivity index (χ4v) is 1.37. The first kappa shape index (κ1) is 14.2. The number of esters is 1. The van der Waals surface area contributed by atoms with E-state index < -0.39 is 0 Å².